The van der Waals surface area contributed by atoms with Crippen LogP contribution in [0.5, 0.6) is 0 Å². The molecule has 5 nitrogen and oxygen atoms in total. The number of aliphatic hydroxyl groups excluding tert-OH is 1. The lowest BCUT2D eigenvalue weighted by Gasteiger charge is -2.25. The fourth-order valence-corrected chi connectivity index (χ4v) is 3.35. The smallest absolute Gasteiger partial charge is 0.392 e. The van der Waals surface area contributed by atoms with Crippen molar-refractivity contribution in [2.45, 2.75) is 31.3 Å². The number of β-amino-alcohol motifs (C(OH)–C–C–N with tert-alkyl or cyclic N) is 1. The number of nitrogens with zero attached hydrogens (tertiary/aromatic N) is 2. The molecule has 0 unspecified atom stereocenters. The van der Waals surface area contributed by atoms with E-state index in [1.165, 1.54) is 12.1 Å². The van der Waals surface area contributed by atoms with E-state index in [1.807, 2.05) is 0 Å². The van der Waals surface area contributed by atoms with E-state index >= 15 is 0 Å². The second-order valence-electron chi connectivity index (χ2n) is 6.50. The van der Waals surface area contributed by atoms with E-state index in [9.17, 15) is 32.8 Å². The lowest BCUT2D eigenvalue weighted by atomic mass is 10.0. The molecular formula is C18H16F4N2O3. The molecule has 2 aromatic rings. The molecule has 1 aliphatic heterocycles. The largest absolute Gasteiger partial charge is 0.416 e. The van der Waals surface area contributed by atoms with Crippen LogP contribution in [0.25, 0.3) is 0 Å². The molecule has 2 aromatic carbocycles. The zero-order valence-corrected chi connectivity index (χ0v) is 14.0. The van der Waals surface area contributed by atoms with Gasteiger partial charge in [0.15, 0.2) is 0 Å². The summed E-state index contributed by atoms with van der Waals surface area (Å²) in [5.74, 6) is -0.979. The first-order chi connectivity index (χ1) is 12.6. The van der Waals surface area contributed by atoms with Gasteiger partial charge in [-0.2, -0.15) is 17.6 Å². The summed E-state index contributed by atoms with van der Waals surface area (Å²) in [6.45, 7) is 0.354. The number of aliphatic hydroxyl groups is 1. The zero-order chi connectivity index (χ0) is 19.8. The number of rotatable bonds is 4. The van der Waals surface area contributed by atoms with Crippen LogP contribution in [0.4, 0.5) is 23.2 Å². The van der Waals surface area contributed by atoms with E-state index in [2.05, 4.69) is 0 Å². The van der Waals surface area contributed by atoms with Crippen LogP contribution in [0.15, 0.2) is 42.5 Å². The van der Waals surface area contributed by atoms with Crippen molar-refractivity contribution in [3.63, 3.8) is 0 Å². The molecule has 2 atom stereocenters. The first kappa shape index (κ1) is 19.2. The summed E-state index contributed by atoms with van der Waals surface area (Å²) in [5.41, 5.74) is -0.578. The zero-order valence-electron chi connectivity index (χ0n) is 14.0. The number of hydrogen-bond donors (Lipinski definition) is 1. The Balaban J connectivity index is 1.85. The average molecular weight is 384 g/mol. The molecule has 0 bridgehead atoms. The number of hydrogen-bond acceptors (Lipinski definition) is 4. The second kappa shape index (κ2) is 7.24. The van der Waals surface area contributed by atoms with E-state index in [4.69, 9.17) is 0 Å². The lowest BCUT2D eigenvalue weighted by molar-refractivity contribution is -0.387. The van der Waals surface area contributed by atoms with Crippen LogP contribution in [-0.2, 0) is 12.7 Å². The van der Waals surface area contributed by atoms with Crippen molar-refractivity contribution in [2.24, 2.45) is 0 Å². The number of alkyl halides is 3. The van der Waals surface area contributed by atoms with Gasteiger partial charge in [0, 0.05) is 25.2 Å². The first-order valence-electron chi connectivity index (χ1n) is 8.17. The number of nitro benzene ring substituents is 1. The van der Waals surface area contributed by atoms with Crippen LogP contribution in [0, 0.1) is 15.9 Å². The maximum absolute atomic E-state index is 13.8. The molecule has 0 aliphatic carbocycles. The number of nitro groups is 1. The molecule has 9 heteroatoms. The minimum atomic E-state index is -4.47. The summed E-state index contributed by atoms with van der Waals surface area (Å²) in [6.07, 6.45) is -4.96. The van der Waals surface area contributed by atoms with Crippen molar-refractivity contribution >= 4 is 5.69 Å². The molecule has 0 aromatic heterocycles. The summed E-state index contributed by atoms with van der Waals surface area (Å²) in [6, 6.07) is 7.91. The molecule has 144 valence electrons. The minimum absolute atomic E-state index is 0.146. The normalized spacial score (nSPS) is 20.8. The summed E-state index contributed by atoms with van der Waals surface area (Å²) < 4.78 is 52.7. The van der Waals surface area contributed by atoms with Gasteiger partial charge in [-0.1, -0.05) is 18.2 Å². The molecule has 1 heterocycles. The number of halogens is 4. The highest BCUT2D eigenvalue weighted by Crippen LogP contribution is 2.37. The Hall–Kier alpha value is -2.52. The Kier molecular flexibility index (Phi) is 5.16. The van der Waals surface area contributed by atoms with Crippen molar-refractivity contribution in [1.82, 2.24) is 4.90 Å². The fourth-order valence-electron chi connectivity index (χ4n) is 3.35. The van der Waals surface area contributed by atoms with Crippen molar-refractivity contribution in [3.8, 4) is 0 Å². The molecule has 1 aliphatic rings. The highest BCUT2D eigenvalue weighted by atomic mass is 19.4. The van der Waals surface area contributed by atoms with Gasteiger partial charge in [-0.25, -0.2) is 0 Å². The Bertz CT molecular complexity index is 857. The SMILES string of the molecule is O=[N+]([O-])c1ccc(CN2C[C@H](O)C[C@@H]2c2cccc(C(F)(F)F)c2)cc1F. The summed E-state index contributed by atoms with van der Waals surface area (Å²) in [5, 5.41) is 20.7. The quantitative estimate of drug-likeness (QED) is 0.490. The fraction of sp³-hybridized carbons (Fsp3) is 0.333. The third kappa shape index (κ3) is 4.25. The van der Waals surface area contributed by atoms with Gasteiger partial charge in [0.25, 0.3) is 0 Å². The van der Waals surface area contributed by atoms with Crippen molar-refractivity contribution in [3.05, 3.63) is 75.1 Å². The molecule has 0 spiro atoms. The minimum Gasteiger partial charge on any atom is -0.392 e. The van der Waals surface area contributed by atoms with Crippen LogP contribution in [0.3, 0.4) is 0 Å². The lowest BCUT2D eigenvalue weighted by Crippen LogP contribution is -2.24. The highest BCUT2D eigenvalue weighted by Gasteiger charge is 2.35. The van der Waals surface area contributed by atoms with Gasteiger partial charge in [-0.15, -0.1) is 0 Å². The van der Waals surface area contributed by atoms with Crippen molar-refractivity contribution in [2.75, 3.05) is 6.54 Å². The van der Waals surface area contributed by atoms with Gasteiger partial charge < -0.3 is 5.11 Å². The first-order valence-corrected chi connectivity index (χ1v) is 8.17. The van der Waals surface area contributed by atoms with Crippen LogP contribution in [0.2, 0.25) is 0 Å². The average Bonchev–Trinajstić information content (AvgIpc) is 2.94. The van der Waals surface area contributed by atoms with Crippen molar-refractivity contribution < 1.29 is 27.6 Å². The van der Waals surface area contributed by atoms with Crippen LogP contribution >= 0.6 is 0 Å². The van der Waals surface area contributed by atoms with Gasteiger partial charge >= 0.3 is 11.9 Å². The van der Waals surface area contributed by atoms with Crippen LogP contribution < -0.4 is 0 Å². The molecule has 1 fully saturated rings. The van der Waals surface area contributed by atoms with E-state index in [0.29, 0.717) is 11.1 Å². The van der Waals surface area contributed by atoms with Gasteiger partial charge in [-0.05, 0) is 35.7 Å². The molecule has 0 amide bonds. The monoisotopic (exact) mass is 384 g/mol. The van der Waals surface area contributed by atoms with E-state index in [1.54, 1.807) is 11.0 Å². The van der Waals surface area contributed by atoms with Gasteiger partial charge in [-0.3, -0.25) is 15.0 Å². The predicted octanol–water partition coefficient (Wildman–Crippen LogP) is 4.06. The maximum atomic E-state index is 13.8. The second-order valence-corrected chi connectivity index (χ2v) is 6.50. The van der Waals surface area contributed by atoms with Crippen molar-refractivity contribution in [1.29, 1.82) is 0 Å². The Morgan fingerprint density at radius 3 is 2.59 bits per heavy atom. The molecule has 0 saturated carbocycles. The standard InChI is InChI=1S/C18H16F4N2O3/c19-15-6-11(4-5-16(15)24(26)27)9-23-10-14(25)8-17(23)12-2-1-3-13(7-12)18(20,21)22/h1-7,14,17,25H,8-10H2/t14-,17-/m1/s1. The van der Waals surface area contributed by atoms with Gasteiger partial charge in [0.05, 0.1) is 16.6 Å². The van der Waals surface area contributed by atoms with Crippen LogP contribution in [-0.4, -0.2) is 27.6 Å². The number of benzene rings is 2. The molecule has 3 rings (SSSR count). The van der Waals surface area contributed by atoms with Gasteiger partial charge in [0.2, 0.25) is 5.82 Å². The molecule has 0 radical (unpaired) electrons. The molecule has 1 N–H and O–H groups in total. The topological polar surface area (TPSA) is 66.6 Å². The van der Waals surface area contributed by atoms with Gasteiger partial charge in [0.1, 0.15) is 0 Å². The number of likely N-dealkylation sites (tertiary alicyclic amines) is 1. The molecule has 1 saturated heterocycles. The Labute approximate surface area is 152 Å². The highest BCUT2D eigenvalue weighted by molar-refractivity contribution is 5.35. The van der Waals surface area contributed by atoms with E-state index in [-0.39, 0.29) is 19.5 Å². The summed E-state index contributed by atoms with van der Waals surface area (Å²) in [4.78, 5) is 11.6. The summed E-state index contributed by atoms with van der Waals surface area (Å²) >= 11 is 0. The summed E-state index contributed by atoms with van der Waals surface area (Å²) in [7, 11) is 0. The van der Waals surface area contributed by atoms with Crippen LogP contribution in [0.1, 0.15) is 29.2 Å². The molecular weight excluding hydrogens is 368 g/mol. The molecule has 27 heavy (non-hydrogen) atoms. The predicted molar refractivity (Wildman–Crippen MR) is 88.3 cm³/mol. The van der Waals surface area contributed by atoms with E-state index < -0.39 is 40.3 Å². The Morgan fingerprint density at radius 1 is 1.22 bits per heavy atom. The third-order valence-electron chi connectivity index (χ3n) is 4.57. The third-order valence-corrected chi connectivity index (χ3v) is 4.57. The van der Waals surface area contributed by atoms with E-state index in [0.717, 1.165) is 24.3 Å². The Morgan fingerprint density at radius 2 is 1.96 bits per heavy atom. The maximum Gasteiger partial charge on any atom is 0.416 e.